The molecular weight excluding hydrogens is 246 g/mol. The van der Waals surface area contributed by atoms with Gasteiger partial charge in [0.05, 0.1) is 17.8 Å². The van der Waals surface area contributed by atoms with Crippen molar-refractivity contribution in [3.63, 3.8) is 0 Å². The zero-order chi connectivity index (χ0) is 14.4. The first kappa shape index (κ1) is 15.3. The van der Waals surface area contributed by atoms with Crippen molar-refractivity contribution in [2.75, 3.05) is 6.61 Å². The zero-order valence-electron chi connectivity index (χ0n) is 11.3. The Morgan fingerprint density at radius 1 is 1.39 bits per heavy atom. The summed E-state index contributed by atoms with van der Waals surface area (Å²) in [6.07, 6.45) is -0.348. The molecule has 0 aliphatic carbocycles. The van der Waals surface area contributed by atoms with Crippen LogP contribution in [0, 0.1) is 0 Å². The monoisotopic (exact) mass is 266 g/mol. The van der Waals surface area contributed by atoms with Crippen LogP contribution in [0.25, 0.3) is 0 Å². The second-order valence-corrected chi connectivity index (χ2v) is 5.70. The molecule has 0 bridgehead atoms. The summed E-state index contributed by atoms with van der Waals surface area (Å²) in [5.41, 5.74) is -5.07. The molecule has 1 N–H and O–H groups in total. The van der Waals surface area contributed by atoms with Gasteiger partial charge in [-0.15, -0.1) is 0 Å². The average Bonchev–Trinajstić information content (AvgIpc) is 2.31. The molecule has 1 heterocycles. The number of rotatable bonds is 3. The fourth-order valence-corrected chi connectivity index (χ4v) is 2.52. The summed E-state index contributed by atoms with van der Waals surface area (Å²) in [6.45, 7) is 7.12. The Balaban J connectivity index is 3.16. The van der Waals surface area contributed by atoms with Crippen molar-refractivity contribution in [1.29, 1.82) is 0 Å². The maximum absolute atomic E-state index is 14.1. The molecule has 1 fully saturated rings. The molecule has 0 aromatic heterocycles. The van der Waals surface area contributed by atoms with Gasteiger partial charge in [0.1, 0.15) is 0 Å². The maximum atomic E-state index is 14.1. The summed E-state index contributed by atoms with van der Waals surface area (Å²) in [6, 6.07) is 0. The second kappa shape index (κ2) is 4.13. The molecule has 0 radical (unpaired) electrons. The van der Waals surface area contributed by atoms with E-state index in [1.165, 1.54) is 20.8 Å². The topological polar surface area (TPSA) is 55.8 Å². The van der Waals surface area contributed by atoms with Gasteiger partial charge in [-0.1, -0.05) is 0 Å². The van der Waals surface area contributed by atoms with Gasteiger partial charge in [0, 0.05) is 6.42 Å². The van der Waals surface area contributed by atoms with E-state index >= 15 is 0 Å². The van der Waals surface area contributed by atoms with Gasteiger partial charge in [-0.3, -0.25) is 0 Å². The van der Waals surface area contributed by atoms with Crippen molar-refractivity contribution in [2.45, 2.75) is 63.8 Å². The SMILES string of the molecule is CCOC(=O)C(F)(F)C1(O)CC(C)(C)OC1(C)C. The van der Waals surface area contributed by atoms with Crippen molar-refractivity contribution in [3.05, 3.63) is 0 Å². The molecule has 4 nitrogen and oxygen atoms in total. The number of alkyl halides is 2. The van der Waals surface area contributed by atoms with Gasteiger partial charge < -0.3 is 14.6 Å². The number of carbonyl (C=O) groups is 1. The summed E-state index contributed by atoms with van der Waals surface area (Å²) in [4.78, 5) is 11.4. The minimum Gasteiger partial charge on any atom is -0.461 e. The van der Waals surface area contributed by atoms with Crippen molar-refractivity contribution < 1.29 is 28.2 Å². The Bertz CT molecular complexity index is 352. The lowest BCUT2D eigenvalue weighted by atomic mass is 9.77. The predicted octanol–water partition coefficient (Wildman–Crippen LogP) is 1.89. The van der Waals surface area contributed by atoms with Crippen LogP contribution in [0.5, 0.6) is 0 Å². The van der Waals surface area contributed by atoms with Crippen LogP contribution in [-0.2, 0) is 14.3 Å². The molecule has 0 aromatic carbocycles. The number of esters is 1. The molecule has 1 saturated heterocycles. The minimum atomic E-state index is -4.01. The van der Waals surface area contributed by atoms with E-state index < -0.39 is 28.7 Å². The summed E-state index contributed by atoms with van der Waals surface area (Å²) in [5.74, 6) is -5.73. The molecule has 1 aliphatic heterocycles. The van der Waals surface area contributed by atoms with E-state index in [0.29, 0.717) is 0 Å². The van der Waals surface area contributed by atoms with Crippen LogP contribution in [0.4, 0.5) is 8.78 Å². The number of carbonyl (C=O) groups excluding carboxylic acids is 1. The second-order valence-electron chi connectivity index (χ2n) is 5.70. The fourth-order valence-electron chi connectivity index (χ4n) is 2.52. The molecule has 1 unspecified atom stereocenters. The summed E-state index contributed by atoms with van der Waals surface area (Å²) < 4.78 is 38.0. The third-order valence-electron chi connectivity index (χ3n) is 3.26. The lowest BCUT2D eigenvalue weighted by Crippen LogP contribution is -2.62. The molecule has 1 rings (SSSR count). The Hall–Kier alpha value is -0.750. The van der Waals surface area contributed by atoms with Crippen LogP contribution in [0.1, 0.15) is 41.0 Å². The average molecular weight is 266 g/mol. The quantitative estimate of drug-likeness (QED) is 0.793. The van der Waals surface area contributed by atoms with Gasteiger partial charge in [0.2, 0.25) is 0 Å². The fraction of sp³-hybridized carbons (Fsp3) is 0.917. The van der Waals surface area contributed by atoms with Crippen LogP contribution in [0.15, 0.2) is 0 Å². The van der Waals surface area contributed by atoms with Crippen molar-refractivity contribution in [2.24, 2.45) is 0 Å². The third-order valence-corrected chi connectivity index (χ3v) is 3.26. The van der Waals surface area contributed by atoms with E-state index in [4.69, 9.17) is 4.74 Å². The standard InChI is InChI=1S/C12H20F2O4/c1-6-17-8(15)12(13,14)11(16)7-9(2,3)18-10(11,4)5/h16H,6-7H2,1-5H3. The van der Waals surface area contributed by atoms with Crippen LogP contribution in [-0.4, -0.2) is 40.4 Å². The number of hydrogen-bond acceptors (Lipinski definition) is 4. The molecule has 1 atom stereocenters. The molecule has 106 valence electrons. The van der Waals surface area contributed by atoms with Crippen molar-refractivity contribution in [3.8, 4) is 0 Å². The van der Waals surface area contributed by atoms with Gasteiger partial charge in [-0.05, 0) is 34.6 Å². The molecule has 1 aliphatic rings. The first-order valence-electron chi connectivity index (χ1n) is 5.87. The zero-order valence-corrected chi connectivity index (χ0v) is 11.3. The van der Waals surface area contributed by atoms with Gasteiger partial charge in [-0.2, -0.15) is 8.78 Å². The van der Waals surface area contributed by atoms with E-state index in [1.54, 1.807) is 13.8 Å². The highest BCUT2D eigenvalue weighted by atomic mass is 19.3. The van der Waals surface area contributed by atoms with Crippen molar-refractivity contribution >= 4 is 5.97 Å². The Morgan fingerprint density at radius 2 is 1.89 bits per heavy atom. The molecule has 0 spiro atoms. The Morgan fingerprint density at radius 3 is 2.22 bits per heavy atom. The normalized spacial score (nSPS) is 30.2. The highest BCUT2D eigenvalue weighted by Gasteiger charge is 2.72. The number of hydrogen-bond donors (Lipinski definition) is 1. The lowest BCUT2D eigenvalue weighted by molar-refractivity contribution is -0.242. The summed E-state index contributed by atoms with van der Waals surface area (Å²) in [5, 5.41) is 10.3. The van der Waals surface area contributed by atoms with E-state index in [0.717, 1.165) is 0 Å². The van der Waals surface area contributed by atoms with E-state index in [2.05, 4.69) is 4.74 Å². The highest BCUT2D eigenvalue weighted by molar-refractivity contribution is 5.79. The largest absolute Gasteiger partial charge is 0.461 e. The number of halogens is 2. The van der Waals surface area contributed by atoms with Gasteiger partial charge in [0.15, 0.2) is 5.60 Å². The number of ether oxygens (including phenoxy) is 2. The van der Waals surface area contributed by atoms with Crippen LogP contribution < -0.4 is 0 Å². The molecular formula is C12H20F2O4. The Kier molecular flexibility index (Phi) is 3.51. The van der Waals surface area contributed by atoms with Gasteiger partial charge >= 0.3 is 11.9 Å². The maximum Gasteiger partial charge on any atom is 0.380 e. The molecule has 0 amide bonds. The molecule has 0 aromatic rings. The Labute approximate surface area is 105 Å². The minimum absolute atomic E-state index is 0.171. The van der Waals surface area contributed by atoms with E-state index in [-0.39, 0.29) is 13.0 Å². The van der Waals surface area contributed by atoms with Crippen molar-refractivity contribution in [1.82, 2.24) is 0 Å². The van der Waals surface area contributed by atoms with Gasteiger partial charge in [-0.25, -0.2) is 4.79 Å². The molecule has 18 heavy (non-hydrogen) atoms. The van der Waals surface area contributed by atoms with E-state index in [9.17, 15) is 18.7 Å². The lowest BCUT2D eigenvalue weighted by Gasteiger charge is -2.39. The first-order chi connectivity index (χ1) is 7.90. The summed E-state index contributed by atoms with van der Waals surface area (Å²) in [7, 11) is 0. The molecule has 6 heteroatoms. The summed E-state index contributed by atoms with van der Waals surface area (Å²) >= 11 is 0. The molecule has 0 saturated carbocycles. The highest BCUT2D eigenvalue weighted by Crippen LogP contribution is 2.52. The smallest absolute Gasteiger partial charge is 0.380 e. The first-order valence-corrected chi connectivity index (χ1v) is 5.87. The van der Waals surface area contributed by atoms with Crippen LogP contribution in [0.2, 0.25) is 0 Å². The van der Waals surface area contributed by atoms with Crippen LogP contribution in [0.3, 0.4) is 0 Å². The predicted molar refractivity (Wildman–Crippen MR) is 60.4 cm³/mol. The van der Waals surface area contributed by atoms with E-state index in [1.807, 2.05) is 0 Å². The van der Waals surface area contributed by atoms with Crippen LogP contribution >= 0.6 is 0 Å². The van der Waals surface area contributed by atoms with Gasteiger partial charge in [0.25, 0.3) is 0 Å². The third kappa shape index (κ3) is 2.12. The number of aliphatic hydroxyl groups is 1.